The van der Waals surface area contributed by atoms with Crippen LogP contribution in [-0.4, -0.2) is 17.0 Å². The van der Waals surface area contributed by atoms with Gasteiger partial charge in [0.2, 0.25) is 0 Å². The Labute approximate surface area is 148 Å². The molecule has 0 unspecified atom stereocenters. The van der Waals surface area contributed by atoms with Gasteiger partial charge in [-0.25, -0.2) is 0 Å². The van der Waals surface area contributed by atoms with E-state index in [4.69, 9.17) is 0 Å². The fourth-order valence-corrected chi connectivity index (χ4v) is 4.67. The van der Waals surface area contributed by atoms with Crippen LogP contribution in [0.4, 0.5) is 10.7 Å². The van der Waals surface area contributed by atoms with Crippen LogP contribution in [0.3, 0.4) is 0 Å². The number of hydrogen-bond acceptors (Lipinski definition) is 5. The summed E-state index contributed by atoms with van der Waals surface area (Å²) in [7, 11) is 0. The number of nitro groups is 1. The quantitative estimate of drug-likeness (QED) is 0.649. The molecule has 0 spiro atoms. The molecule has 2 N–H and O–H groups in total. The van der Waals surface area contributed by atoms with E-state index in [1.54, 1.807) is 29.5 Å². The molecule has 1 atom stereocenters. The SMILES string of the molecule is O=C1N[C@@H](/C=C/c2cccc([N+](=O)[O-])c2)Nc2sc3c(c21)CCCC3. The van der Waals surface area contributed by atoms with Crippen molar-refractivity contribution in [1.29, 1.82) is 0 Å². The van der Waals surface area contributed by atoms with Crippen LogP contribution < -0.4 is 10.6 Å². The molecule has 2 heterocycles. The molecule has 1 aromatic carbocycles. The summed E-state index contributed by atoms with van der Waals surface area (Å²) >= 11 is 1.68. The summed E-state index contributed by atoms with van der Waals surface area (Å²) in [5.74, 6) is -0.0400. The predicted octanol–water partition coefficient (Wildman–Crippen LogP) is 3.73. The summed E-state index contributed by atoms with van der Waals surface area (Å²) in [5.41, 5.74) is 2.79. The van der Waals surface area contributed by atoms with Crippen LogP contribution in [0.25, 0.3) is 6.08 Å². The van der Waals surface area contributed by atoms with Crippen molar-refractivity contribution in [2.45, 2.75) is 31.8 Å². The first-order chi connectivity index (χ1) is 12.1. The number of carbonyl (C=O) groups is 1. The van der Waals surface area contributed by atoms with E-state index in [0.717, 1.165) is 35.4 Å². The largest absolute Gasteiger partial charge is 0.353 e. The van der Waals surface area contributed by atoms with Crippen LogP contribution in [0, 0.1) is 10.1 Å². The van der Waals surface area contributed by atoms with Gasteiger partial charge >= 0.3 is 0 Å². The number of nitro benzene ring substituents is 1. The Morgan fingerprint density at radius 1 is 1.24 bits per heavy atom. The van der Waals surface area contributed by atoms with E-state index in [0.29, 0.717) is 0 Å². The third-order valence-electron chi connectivity index (χ3n) is 4.53. The highest BCUT2D eigenvalue weighted by atomic mass is 32.1. The molecule has 0 bridgehead atoms. The zero-order valence-corrected chi connectivity index (χ0v) is 14.3. The number of fused-ring (bicyclic) bond motifs is 3. The van der Waals surface area contributed by atoms with Gasteiger partial charge in [-0.2, -0.15) is 0 Å². The van der Waals surface area contributed by atoms with Crippen molar-refractivity contribution in [3.63, 3.8) is 0 Å². The van der Waals surface area contributed by atoms with Crippen LogP contribution in [0.15, 0.2) is 30.3 Å². The molecule has 1 aliphatic carbocycles. The van der Waals surface area contributed by atoms with Gasteiger partial charge in [-0.3, -0.25) is 14.9 Å². The standard InChI is InChI=1S/C18H17N3O3S/c22-17-16-13-6-1-2-7-14(13)25-18(16)20-15(19-17)9-8-11-4-3-5-12(10-11)21(23)24/h3-5,8-10,15,20H,1-2,6-7H2,(H,19,22)/b9-8+/t15-/m1/s1. The van der Waals surface area contributed by atoms with Crippen molar-refractivity contribution in [2.75, 3.05) is 5.32 Å². The van der Waals surface area contributed by atoms with Crippen molar-refractivity contribution >= 4 is 34.0 Å². The van der Waals surface area contributed by atoms with Gasteiger partial charge in [0.05, 0.1) is 10.5 Å². The molecule has 4 rings (SSSR count). The maximum absolute atomic E-state index is 12.5. The van der Waals surface area contributed by atoms with Crippen LogP contribution in [0.5, 0.6) is 0 Å². The maximum Gasteiger partial charge on any atom is 0.270 e. The molecule has 0 saturated heterocycles. The van der Waals surface area contributed by atoms with Gasteiger partial charge < -0.3 is 10.6 Å². The Morgan fingerprint density at radius 3 is 2.92 bits per heavy atom. The lowest BCUT2D eigenvalue weighted by Crippen LogP contribution is -2.43. The number of thiophene rings is 1. The van der Waals surface area contributed by atoms with Gasteiger partial charge in [-0.15, -0.1) is 11.3 Å². The molecule has 0 fully saturated rings. The lowest BCUT2D eigenvalue weighted by atomic mass is 9.94. The molecule has 1 amide bonds. The second-order valence-electron chi connectivity index (χ2n) is 6.22. The third-order valence-corrected chi connectivity index (χ3v) is 5.76. The Hall–Kier alpha value is -2.67. The van der Waals surface area contributed by atoms with Crippen molar-refractivity contribution in [3.8, 4) is 0 Å². The van der Waals surface area contributed by atoms with Crippen molar-refractivity contribution in [3.05, 3.63) is 62.0 Å². The van der Waals surface area contributed by atoms with E-state index < -0.39 is 4.92 Å². The fraction of sp³-hybridized carbons (Fsp3) is 0.278. The number of hydrogen-bond donors (Lipinski definition) is 2. The van der Waals surface area contributed by atoms with Gasteiger partial charge in [0, 0.05) is 17.0 Å². The molecular formula is C18H17N3O3S. The van der Waals surface area contributed by atoms with E-state index in [-0.39, 0.29) is 17.8 Å². The van der Waals surface area contributed by atoms with E-state index in [1.165, 1.54) is 29.0 Å². The second kappa shape index (κ2) is 6.33. The Morgan fingerprint density at radius 2 is 2.08 bits per heavy atom. The Bertz CT molecular complexity index is 888. The molecule has 0 saturated carbocycles. The molecule has 2 aromatic rings. The van der Waals surface area contributed by atoms with Crippen LogP contribution in [-0.2, 0) is 12.8 Å². The zero-order valence-electron chi connectivity index (χ0n) is 13.5. The highest BCUT2D eigenvalue weighted by Crippen LogP contribution is 2.39. The van der Waals surface area contributed by atoms with Gasteiger partial charge in [0.15, 0.2) is 0 Å². The normalized spacial score (nSPS) is 19.0. The average Bonchev–Trinajstić information content (AvgIpc) is 2.99. The summed E-state index contributed by atoms with van der Waals surface area (Å²) in [5, 5.41) is 18.1. The summed E-state index contributed by atoms with van der Waals surface area (Å²) in [6.07, 6.45) is 7.63. The molecule has 0 radical (unpaired) electrons. The van der Waals surface area contributed by atoms with Gasteiger partial charge in [-0.05, 0) is 42.9 Å². The Kier molecular flexibility index (Phi) is 4.01. The van der Waals surface area contributed by atoms with Crippen molar-refractivity contribution in [2.24, 2.45) is 0 Å². The number of non-ortho nitro benzene ring substituents is 1. The number of aryl methyl sites for hydroxylation is 1. The summed E-state index contributed by atoms with van der Waals surface area (Å²) < 4.78 is 0. The van der Waals surface area contributed by atoms with Crippen molar-refractivity contribution < 1.29 is 9.72 Å². The van der Waals surface area contributed by atoms with Gasteiger partial charge in [-0.1, -0.05) is 18.2 Å². The molecular weight excluding hydrogens is 338 g/mol. The minimum atomic E-state index is -0.416. The third kappa shape index (κ3) is 3.02. The topological polar surface area (TPSA) is 84.3 Å². The monoisotopic (exact) mass is 355 g/mol. The molecule has 7 heteroatoms. The Balaban J connectivity index is 1.55. The number of anilines is 1. The minimum absolute atomic E-state index is 0.0400. The highest BCUT2D eigenvalue weighted by Gasteiger charge is 2.30. The van der Waals surface area contributed by atoms with E-state index in [2.05, 4.69) is 10.6 Å². The number of rotatable bonds is 3. The first-order valence-electron chi connectivity index (χ1n) is 8.26. The molecule has 25 heavy (non-hydrogen) atoms. The number of amides is 1. The summed E-state index contributed by atoms with van der Waals surface area (Å²) in [6.45, 7) is 0. The van der Waals surface area contributed by atoms with Gasteiger partial charge in [0.1, 0.15) is 11.2 Å². The minimum Gasteiger partial charge on any atom is -0.353 e. The predicted molar refractivity (Wildman–Crippen MR) is 98.0 cm³/mol. The van der Waals surface area contributed by atoms with E-state index in [1.807, 2.05) is 6.08 Å². The van der Waals surface area contributed by atoms with Crippen LogP contribution in [0.2, 0.25) is 0 Å². The lowest BCUT2D eigenvalue weighted by molar-refractivity contribution is -0.384. The highest BCUT2D eigenvalue weighted by molar-refractivity contribution is 7.16. The zero-order chi connectivity index (χ0) is 17.4. The fourth-order valence-electron chi connectivity index (χ4n) is 3.34. The number of nitrogens with zero attached hydrogens (tertiary/aromatic N) is 1. The van der Waals surface area contributed by atoms with Gasteiger partial charge in [0.25, 0.3) is 11.6 Å². The molecule has 6 nitrogen and oxygen atoms in total. The van der Waals surface area contributed by atoms with Crippen LogP contribution >= 0.6 is 11.3 Å². The smallest absolute Gasteiger partial charge is 0.270 e. The molecule has 128 valence electrons. The number of benzene rings is 1. The molecule has 2 aliphatic rings. The molecule has 1 aliphatic heterocycles. The first-order valence-corrected chi connectivity index (χ1v) is 9.08. The lowest BCUT2D eigenvalue weighted by Gasteiger charge is -2.24. The summed E-state index contributed by atoms with van der Waals surface area (Å²) in [6, 6.07) is 6.41. The molecule has 1 aromatic heterocycles. The first kappa shape index (κ1) is 15.8. The van der Waals surface area contributed by atoms with E-state index >= 15 is 0 Å². The van der Waals surface area contributed by atoms with E-state index in [9.17, 15) is 14.9 Å². The summed E-state index contributed by atoms with van der Waals surface area (Å²) in [4.78, 5) is 24.3. The van der Waals surface area contributed by atoms with Crippen LogP contribution in [0.1, 0.15) is 39.2 Å². The average molecular weight is 355 g/mol. The second-order valence-corrected chi connectivity index (χ2v) is 7.33. The number of nitrogens with one attached hydrogen (secondary N) is 2. The van der Waals surface area contributed by atoms with Crippen molar-refractivity contribution in [1.82, 2.24) is 5.32 Å². The maximum atomic E-state index is 12.5. The number of carbonyl (C=O) groups excluding carboxylic acids is 1.